The zero-order valence-electron chi connectivity index (χ0n) is 9.39. The molecule has 0 aliphatic carbocycles. The summed E-state index contributed by atoms with van der Waals surface area (Å²) in [6.07, 6.45) is 2.19. The Morgan fingerprint density at radius 3 is 2.76 bits per heavy atom. The second kappa shape index (κ2) is 4.78. The van der Waals surface area contributed by atoms with Gasteiger partial charge in [-0.2, -0.15) is 5.10 Å². The minimum Gasteiger partial charge on any atom is -0.479 e. The lowest BCUT2D eigenvalue weighted by molar-refractivity contribution is 0.391. The molecule has 1 unspecified atom stereocenters. The smallest absolute Gasteiger partial charge is 0.252 e. The van der Waals surface area contributed by atoms with Crippen molar-refractivity contribution in [1.29, 1.82) is 0 Å². The first-order chi connectivity index (χ1) is 8.04. The van der Waals surface area contributed by atoms with Crippen molar-refractivity contribution in [2.45, 2.75) is 24.5 Å². The summed E-state index contributed by atoms with van der Waals surface area (Å²) >= 11 is 5.92. The quantitative estimate of drug-likeness (QED) is 0.823. The molecule has 1 aliphatic heterocycles. The van der Waals surface area contributed by atoms with E-state index in [1.54, 1.807) is 0 Å². The van der Waals surface area contributed by atoms with Crippen LogP contribution in [0.25, 0.3) is 0 Å². The molecule has 1 aliphatic rings. The Bertz CT molecular complexity index is 518. The van der Waals surface area contributed by atoms with E-state index in [0.29, 0.717) is 17.1 Å². The number of halogens is 1. The minimum atomic E-state index is -3.11. The average Bonchev–Trinajstić information content (AvgIpc) is 2.28. The molecule has 0 saturated carbocycles. The molecule has 0 aromatic carbocycles. The number of ether oxygens (including phenoxy) is 1. The zero-order chi connectivity index (χ0) is 12.5. The molecule has 0 N–H and O–H groups in total. The van der Waals surface area contributed by atoms with Crippen molar-refractivity contribution in [2.75, 3.05) is 12.9 Å². The van der Waals surface area contributed by atoms with E-state index in [2.05, 4.69) is 10.2 Å². The second-order valence-electron chi connectivity index (χ2n) is 3.98. The Hall–Kier alpha value is -0.880. The van der Waals surface area contributed by atoms with E-state index in [4.69, 9.17) is 16.3 Å². The number of hydrogen-bond donors (Lipinski definition) is 0. The van der Waals surface area contributed by atoms with Gasteiger partial charge in [0.1, 0.15) is 10.3 Å². The molecule has 0 amide bonds. The maximum absolute atomic E-state index is 11.9. The molecule has 94 valence electrons. The van der Waals surface area contributed by atoms with Gasteiger partial charge in [0, 0.05) is 0 Å². The SMILES string of the molecule is COc1nnc(C2CCCCS2(=O)=O)cc1Cl. The van der Waals surface area contributed by atoms with E-state index in [1.807, 2.05) is 0 Å². The van der Waals surface area contributed by atoms with Gasteiger partial charge in [-0.25, -0.2) is 8.42 Å². The predicted octanol–water partition coefficient (Wildman–Crippen LogP) is 1.78. The normalized spacial score (nSPS) is 23.3. The van der Waals surface area contributed by atoms with E-state index in [-0.39, 0.29) is 11.6 Å². The molecule has 7 heteroatoms. The molecule has 0 radical (unpaired) electrons. The number of nitrogens with zero attached hydrogens (tertiary/aromatic N) is 2. The molecule has 1 saturated heterocycles. The lowest BCUT2D eigenvalue weighted by atomic mass is 10.1. The number of rotatable bonds is 2. The zero-order valence-corrected chi connectivity index (χ0v) is 11.0. The summed E-state index contributed by atoms with van der Waals surface area (Å²) < 4.78 is 28.7. The summed E-state index contributed by atoms with van der Waals surface area (Å²) in [7, 11) is -1.68. The van der Waals surface area contributed by atoms with Crippen LogP contribution in [0.2, 0.25) is 5.02 Å². The first kappa shape index (κ1) is 12.6. The maximum Gasteiger partial charge on any atom is 0.252 e. The van der Waals surface area contributed by atoms with Gasteiger partial charge < -0.3 is 4.74 Å². The number of methoxy groups -OCH3 is 1. The van der Waals surface area contributed by atoms with Crippen LogP contribution in [0.5, 0.6) is 5.88 Å². The van der Waals surface area contributed by atoms with Crippen LogP contribution in [-0.2, 0) is 9.84 Å². The third-order valence-corrected chi connectivity index (χ3v) is 5.31. The summed E-state index contributed by atoms with van der Waals surface area (Å²) in [6, 6.07) is 1.53. The van der Waals surface area contributed by atoms with Gasteiger partial charge in [0.25, 0.3) is 5.88 Å². The highest BCUT2D eigenvalue weighted by atomic mass is 35.5. The largest absolute Gasteiger partial charge is 0.479 e. The van der Waals surface area contributed by atoms with Crippen LogP contribution in [0.15, 0.2) is 6.07 Å². The molecular formula is C10H13ClN2O3S. The predicted molar refractivity (Wildman–Crippen MR) is 64.0 cm³/mol. The fraction of sp³-hybridized carbons (Fsp3) is 0.600. The Balaban J connectivity index is 2.36. The van der Waals surface area contributed by atoms with Crippen LogP contribution in [0.3, 0.4) is 0 Å². The van der Waals surface area contributed by atoms with Crippen molar-refractivity contribution in [3.8, 4) is 5.88 Å². The average molecular weight is 277 g/mol. The summed E-state index contributed by atoms with van der Waals surface area (Å²) in [6.45, 7) is 0. The van der Waals surface area contributed by atoms with E-state index in [0.717, 1.165) is 12.8 Å². The summed E-state index contributed by atoms with van der Waals surface area (Å²) in [5, 5.41) is 7.37. The molecule has 5 nitrogen and oxygen atoms in total. The highest BCUT2D eigenvalue weighted by Gasteiger charge is 2.32. The molecule has 0 bridgehead atoms. The monoisotopic (exact) mass is 276 g/mol. The molecule has 17 heavy (non-hydrogen) atoms. The molecule has 0 spiro atoms. The standard InChI is InChI=1S/C10H13ClN2O3S/c1-16-10-7(11)6-8(12-13-10)9-4-2-3-5-17(9,14)15/h6,9H,2-5H2,1H3. The van der Waals surface area contributed by atoms with Gasteiger partial charge >= 0.3 is 0 Å². The summed E-state index contributed by atoms with van der Waals surface area (Å²) in [5.74, 6) is 0.423. The third-order valence-electron chi connectivity index (χ3n) is 2.84. The Morgan fingerprint density at radius 2 is 2.18 bits per heavy atom. The van der Waals surface area contributed by atoms with Crippen LogP contribution < -0.4 is 4.74 Å². The number of sulfone groups is 1. The van der Waals surface area contributed by atoms with Crippen molar-refractivity contribution >= 4 is 21.4 Å². The van der Waals surface area contributed by atoms with Crippen molar-refractivity contribution in [1.82, 2.24) is 10.2 Å². The van der Waals surface area contributed by atoms with Gasteiger partial charge in [0.15, 0.2) is 9.84 Å². The van der Waals surface area contributed by atoms with Crippen LogP contribution in [0.4, 0.5) is 0 Å². The highest BCUT2D eigenvalue weighted by Crippen LogP contribution is 2.34. The number of aromatic nitrogens is 2. The van der Waals surface area contributed by atoms with E-state index in [9.17, 15) is 8.42 Å². The van der Waals surface area contributed by atoms with Crippen molar-refractivity contribution in [3.63, 3.8) is 0 Å². The van der Waals surface area contributed by atoms with Gasteiger partial charge in [0.2, 0.25) is 0 Å². The first-order valence-corrected chi connectivity index (χ1v) is 7.42. The van der Waals surface area contributed by atoms with Crippen LogP contribution in [0, 0.1) is 0 Å². The van der Waals surface area contributed by atoms with Crippen molar-refractivity contribution in [2.24, 2.45) is 0 Å². The van der Waals surface area contributed by atoms with Gasteiger partial charge in [-0.15, -0.1) is 5.10 Å². The Morgan fingerprint density at radius 1 is 1.41 bits per heavy atom. The molecular weight excluding hydrogens is 264 g/mol. The minimum absolute atomic E-state index is 0.211. The van der Waals surface area contributed by atoms with Crippen LogP contribution in [0.1, 0.15) is 30.2 Å². The first-order valence-electron chi connectivity index (χ1n) is 5.33. The lowest BCUT2D eigenvalue weighted by Gasteiger charge is -2.21. The number of hydrogen-bond acceptors (Lipinski definition) is 5. The van der Waals surface area contributed by atoms with Gasteiger partial charge in [-0.1, -0.05) is 18.0 Å². The van der Waals surface area contributed by atoms with Crippen LogP contribution in [-0.4, -0.2) is 31.5 Å². The van der Waals surface area contributed by atoms with Crippen molar-refractivity contribution < 1.29 is 13.2 Å². The fourth-order valence-electron chi connectivity index (χ4n) is 1.95. The molecule has 1 aromatic rings. The summed E-state index contributed by atoms with van der Waals surface area (Å²) in [5.41, 5.74) is 0.413. The van der Waals surface area contributed by atoms with E-state index >= 15 is 0 Å². The molecule has 1 atom stereocenters. The van der Waals surface area contributed by atoms with E-state index in [1.165, 1.54) is 13.2 Å². The molecule has 1 fully saturated rings. The van der Waals surface area contributed by atoms with Gasteiger partial charge in [-0.3, -0.25) is 0 Å². The molecule has 1 aromatic heterocycles. The lowest BCUT2D eigenvalue weighted by Crippen LogP contribution is -2.22. The van der Waals surface area contributed by atoms with E-state index < -0.39 is 15.1 Å². The van der Waals surface area contributed by atoms with Gasteiger partial charge in [-0.05, 0) is 18.9 Å². The van der Waals surface area contributed by atoms with Crippen molar-refractivity contribution in [3.05, 3.63) is 16.8 Å². The highest BCUT2D eigenvalue weighted by molar-refractivity contribution is 7.91. The molecule has 2 rings (SSSR count). The third kappa shape index (κ3) is 2.52. The molecule has 2 heterocycles. The fourth-order valence-corrected chi connectivity index (χ4v) is 4.08. The topological polar surface area (TPSA) is 69.2 Å². The van der Waals surface area contributed by atoms with Crippen LogP contribution >= 0.6 is 11.6 Å². The Kier molecular flexibility index (Phi) is 3.53. The Labute approximate surface area is 105 Å². The summed E-state index contributed by atoms with van der Waals surface area (Å²) in [4.78, 5) is 0. The maximum atomic E-state index is 11.9. The second-order valence-corrected chi connectivity index (χ2v) is 6.69. The van der Waals surface area contributed by atoms with Gasteiger partial charge in [0.05, 0.1) is 18.6 Å².